The third-order valence-electron chi connectivity index (χ3n) is 3.30. The molecule has 0 unspecified atom stereocenters. The van der Waals surface area contributed by atoms with Crippen LogP contribution in [0.1, 0.15) is 24.3 Å². The lowest BCUT2D eigenvalue weighted by Gasteiger charge is -2.04. The van der Waals surface area contributed by atoms with Crippen LogP contribution in [0.2, 0.25) is 0 Å². The molecule has 24 heavy (non-hydrogen) atoms. The Morgan fingerprint density at radius 1 is 1.29 bits per heavy atom. The van der Waals surface area contributed by atoms with Gasteiger partial charge in [-0.3, -0.25) is 4.79 Å². The third-order valence-corrected chi connectivity index (χ3v) is 3.30. The van der Waals surface area contributed by atoms with Gasteiger partial charge in [0, 0.05) is 25.1 Å². The summed E-state index contributed by atoms with van der Waals surface area (Å²) >= 11 is 0. The topological polar surface area (TPSA) is 88.2 Å². The maximum Gasteiger partial charge on any atom is 0.471 e. The van der Waals surface area contributed by atoms with Gasteiger partial charge in [-0.1, -0.05) is 29.4 Å². The number of carbonyl (C=O) groups excluding carboxylic acids is 1. The molecule has 1 aromatic heterocycles. The molecule has 1 aliphatic rings. The van der Waals surface area contributed by atoms with Crippen molar-refractivity contribution in [2.75, 3.05) is 7.11 Å². The smallest absolute Gasteiger partial charge is 0.400 e. The minimum atomic E-state index is -4.65. The number of alkyl halides is 3. The summed E-state index contributed by atoms with van der Waals surface area (Å²) in [6.07, 6.45) is -2.79. The highest BCUT2D eigenvalue weighted by molar-refractivity contribution is 5.80. The first-order valence-electron chi connectivity index (χ1n) is 7.16. The van der Waals surface area contributed by atoms with Crippen molar-refractivity contribution in [1.29, 1.82) is 0 Å². The number of aliphatic hydroxyl groups excluding tert-OH is 1. The summed E-state index contributed by atoms with van der Waals surface area (Å²) in [6, 6.07) is 6.57. The van der Waals surface area contributed by atoms with Crippen molar-refractivity contribution in [3.05, 3.63) is 35.7 Å². The summed E-state index contributed by atoms with van der Waals surface area (Å²) in [5.74, 6) is -1.32. The van der Waals surface area contributed by atoms with Gasteiger partial charge in [0.15, 0.2) is 0 Å². The average Bonchev–Trinajstić information content (AvgIpc) is 3.30. The first-order chi connectivity index (χ1) is 11.4. The van der Waals surface area contributed by atoms with Crippen molar-refractivity contribution in [3.8, 4) is 11.4 Å². The van der Waals surface area contributed by atoms with Crippen LogP contribution in [0.5, 0.6) is 0 Å². The van der Waals surface area contributed by atoms with E-state index in [2.05, 4.69) is 20.0 Å². The van der Waals surface area contributed by atoms with E-state index in [1.54, 1.807) is 24.3 Å². The standard InChI is InChI=1S/C14H12F3N3O2.CH4O/c15-14(16,17)13-19-11(20-22-13)9-3-1-8(2-4-9)7-18-12(21)10-5-6-10;1-2/h1-4,10H,5-7H2,(H,18,21);2H,1H3. The Balaban J connectivity index is 0.00000100. The zero-order valence-electron chi connectivity index (χ0n) is 12.8. The van der Waals surface area contributed by atoms with E-state index in [0.29, 0.717) is 12.1 Å². The van der Waals surface area contributed by atoms with Crippen LogP contribution in [-0.2, 0) is 17.5 Å². The Bertz CT molecular complexity index is 679. The van der Waals surface area contributed by atoms with Gasteiger partial charge >= 0.3 is 12.1 Å². The molecule has 9 heteroatoms. The maximum absolute atomic E-state index is 12.4. The van der Waals surface area contributed by atoms with Gasteiger partial charge in [0.2, 0.25) is 11.7 Å². The minimum Gasteiger partial charge on any atom is -0.400 e. The molecule has 0 aliphatic heterocycles. The number of hydrogen-bond acceptors (Lipinski definition) is 5. The molecule has 1 fully saturated rings. The van der Waals surface area contributed by atoms with Gasteiger partial charge in [0.05, 0.1) is 0 Å². The summed E-state index contributed by atoms with van der Waals surface area (Å²) in [5.41, 5.74) is 1.26. The molecule has 1 saturated carbocycles. The number of carbonyl (C=O) groups is 1. The first-order valence-corrected chi connectivity index (χ1v) is 7.16. The van der Waals surface area contributed by atoms with Crippen LogP contribution in [0.15, 0.2) is 28.8 Å². The van der Waals surface area contributed by atoms with Gasteiger partial charge < -0.3 is 14.9 Å². The van der Waals surface area contributed by atoms with Crippen LogP contribution in [0, 0.1) is 5.92 Å². The number of benzene rings is 1. The largest absolute Gasteiger partial charge is 0.471 e. The van der Waals surface area contributed by atoms with Crippen LogP contribution in [0.3, 0.4) is 0 Å². The lowest BCUT2D eigenvalue weighted by Crippen LogP contribution is -2.24. The molecular weight excluding hydrogens is 327 g/mol. The highest BCUT2D eigenvalue weighted by Crippen LogP contribution is 2.30. The fourth-order valence-corrected chi connectivity index (χ4v) is 1.91. The van der Waals surface area contributed by atoms with E-state index < -0.39 is 12.1 Å². The number of nitrogens with zero attached hydrogens (tertiary/aromatic N) is 2. The summed E-state index contributed by atoms with van der Waals surface area (Å²) < 4.78 is 41.4. The summed E-state index contributed by atoms with van der Waals surface area (Å²) in [7, 11) is 1.00. The van der Waals surface area contributed by atoms with Crippen LogP contribution in [0.4, 0.5) is 13.2 Å². The van der Waals surface area contributed by atoms with Crippen LogP contribution >= 0.6 is 0 Å². The molecule has 6 nitrogen and oxygen atoms in total. The molecule has 2 aromatic rings. The van der Waals surface area contributed by atoms with E-state index >= 15 is 0 Å². The molecule has 0 bridgehead atoms. The number of hydrogen-bond donors (Lipinski definition) is 2. The Kier molecular flexibility index (Phi) is 5.55. The molecule has 0 atom stereocenters. The number of aromatic nitrogens is 2. The fraction of sp³-hybridized carbons (Fsp3) is 0.400. The first kappa shape index (κ1) is 17.9. The normalized spacial score (nSPS) is 13.9. The molecule has 0 saturated heterocycles. The monoisotopic (exact) mass is 343 g/mol. The molecular formula is C15H16F3N3O3. The molecule has 130 valence electrons. The van der Waals surface area contributed by atoms with Gasteiger partial charge in [-0.2, -0.15) is 18.2 Å². The van der Waals surface area contributed by atoms with Crippen molar-refractivity contribution in [2.24, 2.45) is 5.92 Å². The van der Waals surface area contributed by atoms with E-state index in [0.717, 1.165) is 25.5 Å². The van der Waals surface area contributed by atoms with Crippen LogP contribution in [-0.4, -0.2) is 28.3 Å². The van der Waals surface area contributed by atoms with E-state index in [1.165, 1.54) is 0 Å². The van der Waals surface area contributed by atoms with E-state index in [9.17, 15) is 18.0 Å². The lowest BCUT2D eigenvalue weighted by atomic mass is 10.1. The second-order valence-electron chi connectivity index (χ2n) is 5.11. The SMILES string of the molecule is CO.O=C(NCc1ccc(-c2noc(C(F)(F)F)n2)cc1)C1CC1. The molecule has 1 heterocycles. The fourth-order valence-electron chi connectivity index (χ4n) is 1.91. The Morgan fingerprint density at radius 3 is 2.42 bits per heavy atom. The number of halogens is 3. The van der Waals surface area contributed by atoms with Gasteiger partial charge in [-0.05, 0) is 18.4 Å². The van der Waals surface area contributed by atoms with Gasteiger partial charge in [0.25, 0.3) is 0 Å². The van der Waals surface area contributed by atoms with Crippen molar-refractivity contribution in [3.63, 3.8) is 0 Å². The average molecular weight is 343 g/mol. The summed E-state index contributed by atoms with van der Waals surface area (Å²) in [4.78, 5) is 14.8. The van der Waals surface area contributed by atoms with Gasteiger partial charge in [-0.25, -0.2) is 0 Å². The molecule has 1 aromatic carbocycles. The summed E-state index contributed by atoms with van der Waals surface area (Å²) in [6.45, 7) is 0.385. The molecule has 2 N–H and O–H groups in total. The molecule has 0 spiro atoms. The molecule has 0 radical (unpaired) electrons. The zero-order valence-corrected chi connectivity index (χ0v) is 12.8. The van der Waals surface area contributed by atoms with Gasteiger partial charge in [0.1, 0.15) is 0 Å². The lowest BCUT2D eigenvalue weighted by molar-refractivity contribution is -0.159. The number of nitrogens with one attached hydrogen (secondary N) is 1. The predicted molar refractivity (Wildman–Crippen MR) is 77.4 cm³/mol. The van der Waals surface area contributed by atoms with Crippen molar-refractivity contribution in [2.45, 2.75) is 25.6 Å². The molecule has 1 aliphatic carbocycles. The van der Waals surface area contributed by atoms with Crippen molar-refractivity contribution in [1.82, 2.24) is 15.5 Å². The molecule has 3 rings (SSSR count). The van der Waals surface area contributed by atoms with Crippen molar-refractivity contribution >= 4 is 5.91 Å². The van der Waals surface area contributed by atoms with Crippen LogP contribution in [0.25, 0.3) is 11.4 Å². The Hall–Kier alpha value is -2.42. The Morgan fingerprint density at radius 2 is 1.92 bits per heavy atom. The third kappa shape index (κ3) is 4.54. The Labute approximate surface area is 135 Å². The molecule has 1 amide bonds. The van der Waals surface area contributed by atoms with E-state index in [1.807, 2.05) is 0 Å². The highest BCUT2D eigenvalue weighted by Gasteiger charge is 2.38. The van der Waals surface area contributed by atoms with Crippen molar-refractivity contribution < 1.29 is 27.6 Å². The van der Waals surface area contributed by atoms with E-state index in [4.69, 9.17) is 5.11 Å². The minimum absolute atomic E-state index is 0.0389. The number of rotatable bonds is 4. The maximum atomic E-state index is 12.4. The highest BCUT2D eigenvalue weighted by atomic mass is 19.4. The number of amides is 1. The van der Waals surface area contributed by atoms with Crippen LogP contribution < -0.4 is 5.32 Å². The quantitative estimate of drug-likeness (QED) is 0.890. The number of aliphatic hydroxyl groups is 1. The summed E-state index contributed by atoms with van der Waals surface area (Å²) in [5, 5.41) is 13.1. The zero-order chi connectivity index (χ0) is 17.7. The van der Waals surface area contributed by atoms with E-state index in [-0.39, 0.29) is 17.6 Å². The van der Waals surface area contributed by atoms with Gasteiger partial charge in [-0.15, -0.1) is 0 Å². The second-order valence-corrected chi connectivity index (χ2v) is 5.11. The second kappa shape index (κ2) is 7.43. The predicted octanol–water partition coefficient (Wildman–Crippen LogP) is 2.39.